The van der Waals surface area contributed by atoms with Gasteiger partial charge in [0.25, 0.3) is 0 Å². The highest BCUT2D eigenvalue weighted by Gasteiger charge is 2.31. The summed E-state index contributed by atoms with van der Waals surface area (Å²) in [5.74, 6) is -0.319. The summed E-state index contributed by atoms with van der Waals surface area (Å²) in [4.78, 5) is 13.8. The molecule has 1 aromatic rings. The van der Waals surface area contributed by atoms with E-state index in [0.717, 1.165) is 24.7 Å². The summed E-state index contributed by atoms with van der Waals surface area (Å²) in [6, 6.07) is 3.56. The van der Waals surface area contributed by atoms with Crippen LogP contribution in [-0.2, 0) is 4.79 Å². The first-order chi connectivity index (χ1) is 9.13. The highest BCUT2D eigenvalue weighted by molar-refractivity contribution is 7.99. The lowest BCUT2D eigenvalue weighted by Gasteiger charge is -2.24. The molecule has 1 aliphatic rings. The molecule has 0 radical (unpaired) electrons. The van der Waals surface area contributed by atoms with Crippen molar-refractivity contribution >= 4 is 17.7 Å². The second-order valence-electron chi connectivity index (χ2n) is 4.58. The molecule has 0 aromatic heterocycles. The van der Waals surface area contributed by atoms with Gasteiger partial charge in [0.15, 0.2) is 0 Å². The number of unbranched alkanes of at least 4 members (excludes halogenated alkanes) is 1. The highest BCUT2D eigenvalue weighted by Crippen LogP contribution is 2.39. The van der Waals surface area contributed by atoms with Gasteiger partial charge in [-0.25, -0.2) is 8.78 Å². The first kappa shape index (κ1) is 14.3. The third-order valence-corrected chi connectivity index (χ3v) is 4.43. The predicted molar refractivity (Wildman–Crippen MR) is 72.8 cm³/mol. The monoisotopic (exact) mass is 285 g/mol. The molecule has 1 aliphatic heterocycles. The van der Waals surface area contributed by atoms with Gasteiger partial charge in [0, 0.05) is 30.3 Å². The molecule has 1 aromatic carbocycles. The Bertz CT molecular complexity index is 467. The van der Waals surface area contributed by atoms with E-state index in [9.17, 15) is 13.6 Å². The van der Waals surface area contributed by atoms with E-state index in [1.165, 1.54) is 23.9 Å². The van der Waals surface area contributed by atoms with Gasteiger partial charge in [-0.3, -0.25) is 4.79 Å². The molecule has 2 nitrogen and oxygen atoms in total. The van der Waals surface area contributed by atoms with Gasteiger partial charge < -0.3 is 4.90 Å². The molecule has 5 heteroatoms. The molecule has 2 rings (SSSR count). The molecule has 1 unspecified atom stereocenters. The molecular formula is C14H17F2NOS. The number of nitrogens with zero attached hydrogens (tertiary/aromatic N) is 1. The fourth-order valence-corrected chi connectivity index (χ4v) is 3.46. The van der Waals surface area contributed by atoms with E-state index >= 15 is 0 Å². The van der Waals surface area contributed by atoms with Crippen molar-refractivity contribution in [3.8, 4) is 0 Å². The van der Waals surface area contributed by atoms with Crippen LogP contribution >= 0.6 is 11.8 Å². The van der Waals surface area contributed by atoms with Crippen LogP contribution in [0.15, 0.2) is 18.2 Å². The maximum Gasteiger partial charge on any atom is 0.223 e. The largest absolute Gasteiger partial charge is 0.326 e. The molecule has 1 fully saturated rings. The number of hydrogen-bond donors (Lipinski definition) is 0. The average Bonchev–Trinajstić information content (AvgIpc) is 2.85. The highest BCUT2D eigenvalue weighted by atomic mass is 32.2. The molecule has 1 heterocycles. The molecule has 19 heavy (non-hydrogen) atoms. The van der Waals surface area contributed by atoms with E-state index in [-0.39, 0.29) is 11.3 Å². The second kappa shape index (κ2) is 6.37. The number of hydrogen-bond acceptors (Lipinski definition) is 2. The smallest absolute Gasteiger partial charge is 0.223 e. The molecule has 0 saturated carbocycles. The Morgan fingerprint density at radius 2 is 2.26 bits per heavy atom. The van der Waals surface area contributed by atoms with Gasteiger partial charge in [-0.2, -0.15) is 0 Å². The van der Waals surface area contributed by atoms with E-state index in [1.54, 1.807) is 4.90 Å². The van der Waals surface area contributed by atoms with E-state index < -0.39 is 11.6 Å². The van der Waals surface area contributed by atoms with Crippen molar-refractivity contribution in [1.29, 1.82) is 0 Å². The lowest BCUT2D eigenvalue weighted by atomic mass is 10.1. The minimum Gasteiger partial charge on any atom is -0.326 e. The Balaban J connectivity index is 2.16. The van der Waals surface area contributed by atoms with Crippen molar-refractivity contribution in [3.63, 3.8) is 0 Å². The summed E-state index contributed by atoms with van der Waals surface area (Å²) in [6.45, 7) is 2.66. The van der Waals surface area contributed by atoms with Gasteiger partial charge in [-0.1, -0.05) is 19.4 Å². The van der Waals surface area contributed by atoms with Gasteiger partial charge in [0.2, 0.25) is 5.91 Å². The molecule has 0 aliphatic carbocycles. The van der Waals surface area contributed by atoms with Crippen LogP contribution in [0, 0.1) is 11.6 Å². The SMILES string of the molecule is CCCCC(=O)N1CCSC1c1ccc(F)cc1F. The Kier molecular flexibility index (Phi) is 4.80. The summed E-state index contributed by atoms with van der Waals surface area (Å²) in [5, 5.41) is -0.315. The molecule has 1 atom stereocenters. The predicted octanol–water partition coefficient (Wildman–Crippen LogP) is 3.73. The molecule has 0 N–H and O–H groups in total. The van der Waals surface area contributed by atoms with Crippen molar-refractivity contribution in [2.24, 2.45) is 0 Å². The lowest BCUT2D eigenvalue weighted by molar-refractivity contribution is -0.131. The standard InChI is InChI=1S/C14H17F2NOS/c1-2-3-4-13(18)17-7-8-19-14(17)11-6-5-10(15)9-12(11)16/h5-6,9,14H,2-4,7-8H2,1H3. The first-order valence-electron chi connectivity index (χ1n) is 6.49. The first-order valence-corrected chi connectivity index (χ1v) is 7.54. The third kappa shape index (κ3) is 3.26. The molecule has 0 bridgehead atoms. The Morgan fingerprint density at radius 1 is 1.47 bits per heavy atom. The van der Waals surface area contributed by atoms with Crippen LogP contribution in [0.1, 0.15) is 37.1 Å². The topological polar surface area (TPSA) is 20.3 Å². The van der Waals surface area contributed by atoms with Gasteiger partial charge in [0.1, 0.15) is 17.0 Å². The number of thioether (sulfide) groups is 1. The number of amides is 1. The van der Waals surface area contributed by atoms with Gasteiger partial charge >= 0.3 is 0 Å². The lowest BCUT2D eigenvalue weighted by Crippen LogP contribution is -2.30. The average molecular weight is 285 g/mol. The molecular weight excluding hydrogens is 268 g/mol. The minimum absolute atomic E-state index is 0.0561. The summed E-state index contributed by atoms with van der Waals surface area (Å²) >= 11 is 1.53. The summed E-state index contributed by atoms with van der Waals surface area (Å²) in [7, 11) is 0. The normalized spacial score (nSPS) is 18.9. The number of halogens is 2. The van der Waals surface area contributed by atoms with Crippen molar-refractivity contribution < 1.29 is 13.6 Å². The van der Waals surface area contributed by atoms with Crippen molar-refractivity contribution in [1.82, 2.24) is 4.90 Å². The molecule has 104 valence electrons. The summed E-state index contributed by atoms with van der Waals surface area (Å²) < 4.78 is 26.7. The zero-order valence-electron chi connectivity index (χ0n) is 10.9. The molecule has 1 saturated heterocycles. The summed E-state index contributed by atoms with van der Waals surface area (Å²) in [5.41, 5.74) is 0.397. The van der Waals surface area contributed by atoms with E-state index in [2.05, 4.69) is 0 Å². The maximum absolute atomic E-state index is 13.8. The van der Waals surface area contributed by atoms with Crippen LogP contribution in [0.5, 0.6) is 0 Å². The zero-order chi connectivity index (χ0) is 13.8. The number of rotatable bonds is 4. The fraction of sp³-hybridized carbons (Fsp3) is 0.500. The summed E-state index contributed by atoms with van der Waals surface area (Å²) in [6.07, 6.45) is 2.30. The van der Waals surface area contributed by atoms with Gasteiger partial charge in [-0.15, -0.1) is 11.8 Å². The Labute approximate surface area is 116 Å². The van der Waals surface area contributed by atoms with Crippen molar-refractivity contribution in [2.75, 3.05) is 12.3 Å². The number of benzene rings is 1. The van der Waals surface area contributed by atoms with Crippen molar-refractivity contribution in [2.45, 2.75) is 31.6 Å². The quantitative estimate of drug-likeness (QED) is 0.840. The third-order valence-electron chi connectivity index (χ3n) is 3.18. The molecule has 0 spiro atoms. The Hall–Kier alpha value is -1.10. The van der Waals surface area contributed by atoms with E-state index in [4.69, 9.17) is 0 Å². The number of carbonyl (C=O) groups is 1. The van der Waals surface area contributed by atoms with E-state index in [0.29, 0.717) is 18.5 Å². The second-order valence-corrected chi connectivity index (χ2v) is 5.77. The van der Waals surface area contributed by atoms with Crippen molar-refractivity contribution in [3.05, 3.63) is 35.4 Å². The van der Waals surface area contributed by atoms with Crippen LogP contribution in [0.2, 0.25) is 0 Å². The Morgan fingerprint density at radius 3 is 2.95 bits per heavy atom. The van der Waals surface area contributed by atoms with Crippen LogP contribution in [0.3, 0.4) is 0 Å². The number of carbonyl (C=O) groups excluding carboxylic acids is 1. The van der Waals surface area contributed by atoms with Crippen LogP contribution in [0.4, 0.5) is 8.78 Å². The van der Waals surface area contributed by atoms with Crippen LogP contribution < -0.4 is 0 Å². The van der Waals surface area contributed by atoms with Gasteiger partial charge in [-0.05, 0) is 12.5 Å². The molecule has 1 amide bonds. The zero-order valence-corrected chi connectivity index (χ0v) is 11.7. The minimum atomic E-state index is -0.590. The van der Waals surface area contributed by atoms with Crippen LogP contribution in [-0.4, -0.2) is 23.1 Å². The van der Waals surface area contributed by atoms with Gasteiger partial charge in [0.05, 0.1) is 0 Å². The maximum atomic E-state index is 13.8. The fourth-order valence-electron chi connectivity index (χ4n) is 2.16. The van der Waals surface area contributed by atoms with E-state index in [1.807, 2.05) is 6.92 Å². The van der Waals surface area contributed by atoms with Crippen LogP contribution in [0.25, 0.3) is 0 Å².